The molecule has 0 heterocycles. The van der Waals surface area contributed by atoms with Gasteiger partial charge in [0.2, 0.25) is 5.91 Å². The molecule has 1 amide bonds. The molecule has 6 heteroatoms. The standard InChI is InChI=1S/C57H107NO5/c1-3-5-7-9-11-13-15-17-19-20-21-22-23-25-26-29-33-37-41-45-49-55(60)54(53-59)58-56(61)50-46-42-38-34-30-28-32-36-40-44-48-52-63-57(62)51-47-43-39-35-31-27-24-18-16-14-12-10-8-6-4-2/h18,24,32,36,45,49,54-55,59-60H,3-17,19-23,25-31,33-35,37-44,46-48,50-53H2,1-2H3,(H,58,61)/b24-18-,36-32-,49-45+. The molecule has 0 fully saturated rings. The fourth-order valence-corrected chi connectivity index (χ4v) is 8.33. The second-order valence-corrected chi connectivity index (χ2v) is 18.9. The van der Waals surface area contributed by atoms with Gasteiger partial charge in [-0.1, -0.05) is 230 Å². The third-order valence-corrected chi connectivity index (χ3v) is 12.6. The number of allylic oxidation sites excluding steroid dienone is 5. The molecular formula is C57H107NO5. The highest BCUT2D eigenvalue weighted by Gasteiger charge is 2.18. The lowest BCUT2D eigenvalue weighted by Gasteiger charge is -2.20. The van der Waals surface area contributed by atoms with Crippen molar-refractivity contribution >= 4 is 11.9 Å². The summed E-state index contributed by atoms with van der Waals surface area (Å²) >= 11 is 0. The van der Waals surface area contributed by atoms with Crippen molar-refractivity contribution in [2.45, 2.75) is 302 Å². The molecule has 0 aliphatic heterocycles. The molecule has 0 aromatic carbocycles. The minimum Gasteiger partial charge on any atom is -0.466 e. The molecule has 0 rings (SSSR count). The van der Waals surface area contributed by atoms with Gasteiger partial charge in [0.05, 0.1) is 25.4 Å². The molecule has 3 N–H and O–H groups in total. The van der Waals surface area contributed by atoms with Crippen LogP contribution in [0.25, 0.3) is 0 Å². The van der Waals surface area contributed by atoms with Crippen LogP contribution in [-0.4, -0.2) is 47.4 Å². The lowest BCUT2D eigenvalue weighted by atomic mass is 10.0. The third kappa shape index (κ3) is 49.4. The molecule has 0 saturated heterocycles. The Kier molecular flexibility index (Phi) is 51.1. The SMILES string of the molecule is CCCCCCCC/C=C\CCCCCCCC(=O)OCCCC/C=C\CCCCCCCC(=O)NC(CO)C(O)/C=C/CCCCCCCCCCCCCCCCCCCC. The van der Waals surface area contributed by atoms with E-state index >= 15 is 0 Å². The van der Waals surface area contributed by atoms with Crippen LogP contribution in [0.1, 0.15) is 290 Å². The molecule has 63 heavy (non-hydrogen) atoms. The number of unbranched alkanes of at least 4 members (excludes halogenated alkanes) is 36. The van der Waals surface area contributed by atoms with Gasteiger partial charge in [0.1, 0.15) is 0 Å². The highest BCUT2D eigenvalue weighted by atomic mass is 16.5. The van der Waals surface area contributed by atoms with Crippen LogP contribution in [0, 0.1) is 0 Å². The second-order valence-electron chi connectivity index (χ2n) is 18.9. The van der Waals surface area contributed by atoms with Crippen LogP contribution in [0.3, 0.4) is 0 Å². The van der Waals surface area contributed by atoms with E-state index in [1.54, 1.807) is 6.08 Å². The Morgan fingerprint density at radius 2 is 0.746 bits per heavy atom. The first kappa shape index (κ1) is 61.1. The van der Waals surface area contributed by atoms with Crippen molar-refractivity contribution in [1.29, 1.82) is 0 Å². The Hall–Kier alpha value is -1.92. The predicted octanol–water partition coefficient (Wildman–Crippen LogP) is 16.9. The normalized spacial score (nSPS) is 12.9. The van der Waals surface area contributed by atoms with E-state index in [9.17, 15) is 19.8 Å². The van der Waals surface area contributed by atoms with Gasteiger partial charge in [0.25, 0.3) is 0 Å². The van der Waals surface area contributed by atoms with Crippen molar-refractivity contribution < 1.29 is 24.5 Å². The second kappa shape index (κ2) is 52.7. The fourth-order valence-electron chi connectivity index (χ4n) is 8.33. The monoisotopic (exact) mass is 886 g/mol. The van der Waals surface area contributed by atoms with Gasteiger partial charge in [-0.05, 0) is 83.5 Å². The topological polar surface area (TPSA) is 95.9 Å². The molecule has 0 aromatic heterocycles. The van der Waals surface area contributed by atoms with Crippen molar-refractivity contribution in [3.8, 4) is 0 Å². The van der Waals surface area contributed by atoms with E-state index in [4.69, 9.17) is 4.74 Å². The van der Waals surface area contributed by atoms with Gasteiger partial charge in [0.15, 0.2) is 0 Å². The van der Waals surface area contributed by atoms with Crippen molar-refractivity contribution in [3.63, 3.8) is 0 Å². The lowest BCUT2D eigenvalue weighted by molar-refractivity contribution is -0.143. The van der Waals surface area contributed by atoms with Crippen LogP contribution >= 0.6 is 0 Å². The summed E-state index contributed by atoms with van der Waals surface area (Å²) < 4.78 is 5.43. The summed E-state index contributed by atoms with van der Waals surface area (Å²) in [5.41, 5.74) is 0. The van der Waals surface area contributed by atoms with Gasteiger partial charge in [-0.2, -0.15) is 0 Å². The minimum absolute atomic E-state index is 0.0409. The highest BCUT2D eigenvalue weighted by Crippen LogP contribution is 2.16. The van der Waals surface area contributed by atoms with Crippen molar-refractivity contribution in [2.24, 2.45) is 0 Å². The Bertz CT molecular complexity index is 1020. The quantitative estimate of drug-likeness (QED) is 0.0321. The third-order valence-electron chi connectivity index (χ3n) is 12.6. The number of hydrogen-bond acceptors (Lipinski definition) is 5. The zero-order valence-electron chi connectivity index (χ0n) is 42.1. The van der Waals surface area contributed by atoms with Crippen molar-refractivity contribution in [3.05, 3.63) is 36.5 Å². The maximum atomic E-state index is 12.5. The van der Waals surface area contributed by atoms with Crippen molar-refractivity contribution in [2.75, 3.05) is 13.2 Å². The number of nitrogens with one attached hydrogen (secondary N) is 1. The average Bonchev–Trinajstić information content (AvgIpc) is 3.28. The van der Waals surface area contributed by atoms with Gasteiger partial charge in [-0.25, -0.2) is 0 Å². The number of rotatable bonds is 51. The van der Waals surface area contributed by atoms with Gasteiger partial charge < -0.3 is 20.3 Å². The number of aliphatic hydroxyl groups excluding tert-OH is 2. The summed E-state index contributed by atoms with van der Waals surface area (Å²) in [7, 11) is 0. The van der Waals surface area contributed by atoms with Crippen LogP contribution in [0.4, 0.5) is 0 Å². The number of amides is 1. The molecule has 0 saturated carbocycles. The lowest BCUT2D eigenvalue weighted by Crippen LogP contribution is -2.45. The Morgan fingerprint density at radius 1 is 0.429 bits per heavy atom. The van der Waals surface area contributed by atoms with Gasteiger partial charge in [-0.3, -0.25) is 9.59 Å². The Labute approximate surface area is 392 Å². The van der Waals surface area contributed by atoms with E-state index in [1.807, 2.05) is 6.08 Å². The Balaban J connectivity index is 3.55. The van der Waals surface area contributed by atoms with Crippen LogP contribution in [0.2, 0.25) is 0 Å². The molecule has 0 aliphatic carbocycles. The summed E-state index contributed by atoms with van der Waals surface area (Å²) in [6, 6.07) is -0.650. The molecule has 0 spiro atoms. The minimum atomic E-state index is -0.864. The fraction of sp³-hybridized carbons (Fsp3) is 0.860. The zero-order chi connectivity index (χ0) is 45.8. The number of aliphatic hydroxyl groups is 2. The van der Waals surface area contributed by atoms with E-state index in [2.05, 4.69) is 43.5 Å². The average molecular weight is 886 g/mol. The number of carbonyl (C=O) groups excluding carboxylic acids is 2. The summed E-state index contributed by atoms with van der Waals surface area (Å²) in [5.74, 6) is -0.137. The van der Waals surface area contributed by atoms with E-state index in [0.717, 1.165) is 83.5 Å². The number of ether oxygens (including phenoxy) is 1. The molecule has 2 atom stereocenters. The van der Waals surface area contributed by atoms with Crippen molar-refractivity contribution in [1.82, 2.24) is 5.32 Å². The smallest absolute Gasteiger partial charge is 0.305 e. The first-order valence-corrected chi connectivity index (χ1v) is 27.8. The molecule has 2 unspecified atom stereocenters. The van der Waals surface area contributed by atoms with E-state index in [1.165, 1.54) is 180 Å². The van der Waals surface area contributed by atoms with E-state index < -0.39 is 12.1 Å². The molecule has 370 valence electrons. The van der Waals surface area contributed by atoms with Crippen LogP contribution in [0.15, 0.2) is 36.5 Å². The summed E-state index contributed by atoms with van der Waals surface area (Å²) in [6.45, 7) is 4.82. The van der Waals surface area contributed by atoms with Gasteiger partial charge in [0, 0.05) is 12.8 Å². The Morgan fingerprint density at radius 3 is 1.13 bits per heavy atom. The van der Waals surface area contributed by atoms with E-state index in [0.29, 0.717) is 19.4 Å². The van der Waals surface area contributed by atoms with Gasteiger partial charge >= 0.3 is 5.97 Å². The first-order valence-electron chi connectivity index (χ1n) is 27.8. The number of hydrogen-bond donors (Lipinski definition) is 3. The zero-order valence-corrected chi connectivity index (χ0v) is 42.1. The maximum absolute atomic E-state index is 12.5. The number of esters is 1. The molecule has 0 bridgehead atoms. The van der Waals surface area contributed by atoms with Crippen LogP contribution in [0.5, 0.6) is 0 Å². The largest absolute Gasteiger partial charge is 0.466 e. The highest BCUT2D eigenvalue weighted by molar-refractivity contribution is 5.76. The molecule has 0 radical (unpaired) electrons. The maximum Gasteiger partial charge on any atom is 0.305 e. The number of carbonyl (C=O) groups is 2. The van der Waals surface area contributed by atoms with E-state index in [-0.39, 0.29) is 18.5 Å². The summed E-state index contributed by atoms with van der Waals surface area (Å²) in [6.07, 6.45) is 64.4. The summed E-state index contributed by atoms with van der Waals surface area (Å²) in [5, 5.41) is 23.1. The predicted molar refractivity (Wildman–Crippen MR) is 273 cm³/mol. The summed E-state index contributed by atoms with van der Waals surface area (Å²) in [4.78, 5) is 24.5. The molecule has 6 nitrogen and oxygen atoms in total. The van der Waals surface area contributed by atoms with Crippen LogP contribution in [-0.2, 0) is 14.3 Å². The van der Waals surface area contributed by atoms with Crippen LogP contribution < -0.4 is 5.32 Å². The van der Waals surface area contributed by atoms with Gasteiger partial charge in [-0.15, -0.1) is 0 Å². The molecule has 0 aromatic rings. The molecular weight excluding hydrogens is 779 g/mol. The first-order chi connectivity index (χ1) is 31.0. The molecule has 0 aliphatic rings.